The number of hydrogen-bond donors (Lipinski definition) is 2. The van der Waals surface area contributed by atoms with Gasteiger partial charge in [0, 0.05) is 22.4 Å². The normalized spacial score (nSPS) is 11.3. The molecule has 0 fully saturated rings. The summed E-state index contributed by atoms with van der Waals surface area (Å²) in [7, 11) is -0.0400. The molecule has 0 radical (unpaired) electrons. The summed E-state index contributed by atoms with van der Waals surface area (Å²) in [6.07, 6.45) is 2.30. The van der Waals surface area contributed by atoms with Crippen LogP contribution in [0.5, 0.6) is 11.5 Å². The standard InChI is InChI=1S/C18H23BrN2O5S2/c1-25-15-10-12(14(19)11-16(15)26-2)6-8-20-18(22)17-5-4-13(27-17)7-9-21-28(3,23)24/h4-5,10-11,21H,6-9H2,1-3H3,(H,20,22). The molecule has 0 atom stereocenters. The molecule has 154 valence electrons. The number of sulfonamides is 1. The zero-order valence-corrected chi connectivity index (χ0v) is 19.1. The van der Waals surface area contributed by atoms with Crippen molar-refractivity contribution in [3.8, 4) is 11.5 Å². The van der Waals surface area contributed by atoms with Crippen LogP contribution in [0.4, 0.5) is 0 Å². The Hall–Kier alpha value is -1.62. The van der Waals surface area contributed by atoms with Crippen LogP contribution in [0.3, 0.4) is 0 Å². The van der Waals surface area contributed by atoms with Crippen molar-refractivity contribution in [1.82, 2.24) is 10.0 Å². The van der Waals surface area contributed by atoms with Crippen LogP contribution in [-0.4, -0.2) is 47.9 Å². The summed E-state index contributed by atoms with van der Waals surface area (Å²) in [6.45, 7) is 0.781. The van der Waals surface area contributed by atoms with Gasteiger partial charge in [0.25, 0.3) is 5.91 Å². The zero-order valence-electron chi connectivity index (χ0n) is 15.9. The Bertz CT molecular complexity index is 928. The Morgan fingerprint density at radius 3 is 2.43 bits per heavy atom. The monoisotopic (exact) mass is 490 g/mol. The SMILES string of the molecule is COc1cc(Br)c(CCNC(=O)c2ccc(CCNS(C)(=O)=O)s2)cc1OC. The molecule has 0 saturated carbocycles. The van der Waals surface area contributed by atoms with E-state index in [9.17, 15) is 13.2 Å². The molecule has 0 aliphatic heterocycles. The molecule has 1 amide bonds. The Balaban J connectivity index is 1.88. The molecule has 0 saturated heterocycles. The lowest BCUT2D eigenvalue weighted by molar-refractivity contribution is 0.0958. The molecule has 1 aromatic heterocycles. The van der Waals surface area contributed by atoms with Gasteiger partial charge < -0.3 is 14.8 Å². The summed E-state index contributed by atoms with van der Waals surface area (Å²) in [5.74, 6) is 1.13. The number of benzene rings is 1. The smallest absolute Gasteiger partial charge is 0.261 e. The van der Waals surface area contributed by atoms with Gasteiger partial charge >= 0.3 is 0 Å². The molecule has 0 aliphatic rings. The van der Waals surface area contributed by atoms with E-state index in [0.29, 0.717) is 42.3 Å². The van der Waals surface area contributed by atoms with Gasteiger partial charge in [-0.2, -0.15) is 0 Å². The van der Waals surface area contributed by atoms with Crippen LogP contribution in [0.2, 0.25) is 0 Å². The highest BCUT2D eigenvalue weighted by atomic mass is 79.9. The van der Waals surface area contributed by atoms with Crippen molar-refractivity contribution >= 4 is 43.2 Å². The lowest BCUT2D eigenvalue weighted by atomic mass is 10.1. The number of amides is 1. The lowest BCUT2D eigenvalue weighted by Crippen LogP contribution is -2.25. The Kier molecular flexibility index (Phi) is 8.29. The van der Waals surface area contributed by atoms with E-state index in [1.54, 1.807) is 20.3 Å². The Morgan fingerprint density at radius 1 is 1.11 bits per heavy atom. The summed E-state index contributed by atoms with van der Waals surface area (Å²) in [6, 6.07) is 7.32. The van der Waals surface area contributed by atoms with Gasteiger partial charge in [-0.15, -0.1) is 11.3 Å². The first-order chi connectivity index (χ1) is 13.2. The fourth-order valence-corrected chi connectivity index (χ4v) is 4.40. The van der Waals surface area contributed by atoms with Crippen molar-refractivity contribution in [2.24, 2.45) is 0 Å². The zero-order chi connectivity index (χ0) is 20.7. The second-order valence-electron chi connectivity index (χ2n) is 5.99. The summed E-state index contributed by atoms with van der Waals surface area (Å²) < 4.78 is 36.1. The van der Waals surface area contributed by atoms with E-state index in [2.05, 4.69) is 26.0 Å². The maximum atomic E-state index is 12.3. The number of thiophene rings is 1. The lowest BCUT2D eigenvalue weighted by Gasteiger charge is -2.12. The van der Waals surface area contributed by atoms with Gasteiger partial charge in [-0.05, 0) is 42.7 Å². The van der Waals surface area contributed by atoms with Crippen molar-refractivity contribution in [2.75, 3.05) is 33.6 Å². The third kappa shape index (κ3) is 6.77. The summed E-state index contributed by atoms with van der Waals surface area (Å²) in [5.41, 5.74) is 0.997. The van der Waals surface area contributed by atoms with E-state index in [1.807, 2.05) is 18.2 Å². The number of carbonyl (C=O) groups is 1. The largest absolute Gasteiger partial charge is 0.493 e. The molecule has 1 heterocycles. The highest BCUT2D eigenvalue weighted by Crippen LogP contribution is 2.33. The van der Waals surface area contributed by atoms with Gasteiger partial charge in [0.1, 0.15) is 0 Å². The average Bonchev–Trinajstić information content (AvgIpc) is 3.10. The Labute approximate surface area is 177 Å². The third-order valence-electron chi connectivity index (χ3n) is 3.85. The molecular weight excluding hydrogens is 468 g/mol. The number of hydrogen-bond acceptors (Lipinski definition) is 6. The van der Waals surface area contributed by atoms with Crippen LogP contribution < -0.4 is 19.5 Å². The fraction of sp³-hybridized carbons (Fsp3) is 0.389. The maximum Gasteiger partial charge on any atom is 0.261 e. The first kappa shape index (κ1) is 22.7. The highest BCUT2D eigenvalue weighted by Gasteiger charge is 2.12. The topological polar surface area (TPSA) is 93.7 Å². The quantitative estimate of drug-likeness (QED) is 0.533. The van der Waals surface area contributed by atoms with Gasteiger partial charge in [0.05, 0.1) is 25.4 Å². The molecule has 1 aromatic carbocycles. The second kappa shape index (κ2) is 10.2. The first-order valence-electron chi connectivity index (χ1n) is 8.45. The minimum Gasteiger partial charge on any atom is -0.493 e. The van der Waals surface area contributed by atoms with Crippen molar-refractivity contribution in [3.05, 3.63) is 44.1 Å². The van der Waals surface area contributed by atoms with E-state index in [1.165, 1.54) is 11.3 Å². The number of nitrogens with one attached hydrogen (secondary N) is 2. The van der Waals surface area contributed by atoms with Gasteiger partial charge in [0.2, 0.25) is 10.0 Å². The van der Waals surface area contributed by atoms with Crippen molar-refractivity contribution in [2.45, 2.75) is 12.8 Å². The predicted molar refractivity (Wildman–Crippen MR) is 114 cm³/mol. The van der Waals surface area contributed by atoms with E-state index >= 15 is 0 Å². The molecular formula is C18H23BrN2O5S2. The van der Waals surface area contributed by atoms with Crippen molar-refractivity contribution in [3.63, 3.8) is 0 Å². The van der Waals surface area contributed by atoms with E-state index in [-0.39, 0.29) is 5.91 Å². The number of methoxy groups -OCH3 is 2. The first-order valence-corrected chi connectivity index (χ1v) is 12.0. The van der Waals surface area contributed by atoms with Gasteiger partial charge in [-0.3, -0.25) is 4.79 Å². The number of ether oxygens (including phenoxy) is 2. The summed E-state index contributed by atoms with van der Waals surface area (Å²) in [4.78, 5) is 13.9. The summed E-state index contributed by atoms with van der Waals surface area (Å²) >= 11 is 4.87. The molecule has 7 nitrogen and oxygen atoms in total. The molecule has 10 heteroatoms. The Morgan fingerprint density at radius 2 is 1.79 bits per heavy atom. The van der Waals surface area contributed by atoms with Crippen molar-refractivity contribution in [1.29, 1.82) is 0 Å². The second-order valence-corrected chi connectivity index (χ2v) is 9.84. The molecule has 0 aliphatic carbocycles. The minimum absolute atomic E-state index is 0.149. The van der Waals surface area contributed by atoms with Crippen LogP contribution in [0.1, 0.15) is 20.1 Å². The predicted octanol–water partition coefficient (Wildman–Crippen LogP) is 2.59. The third-order valence-corrected chi connectivity index (χ3v) is 6.46. The highest BCUT2D eigenvalue weighted by molar-refractivity contribution is 9.10. The van der Waals surface area contributed by atoms with Gasteiger partial charge in [-0.1, -0.05) is 15.9 Å². The van der Waals surface area contributed by atoms with E-state index in [0.717, 1.165) is 21.2 Å². The van der Waals surface area contributed by atoms with E-state index < -0.39 is 10.0 Å². The molecule has 2 rings (SSSR count). The van der Waals surface area contributed by atoms with Gasteiger partial charge in [0.15, 0.2) is 11.5 Å². The number of rotatable bonds is 10. The molecule has 2 N–H and O–H groups in total. The van der Waals surface area contributed by atoms with Crippen LogP contribution in [0, 0.1) is 0 Å². The van der Waals surface area contributed by atoms with Crippen LogP contribution in [0.15, 0.2) is 28.7 Å². The summed E-state index contributed by atoms with van der Waals surface area (Å²) in [5, 5.41) is 2.90. The average molecular weight is 491 g/mol. The van der Waals surface area contributed by atoms with Crippen LogP contribution >= 0.6 is 27.3 Å². The molecule has 2 aromatic rings. The van der Waals surface area contributed by atoms with E-state index in [4.69, 9.17) is 9.47 Å². The van der Waals surface area contributed by atoms with Gasteiger partial charge in [-0.25, -0.2) is 13.1 Å². The van der Waals surface area contributed by atoms with Crippen LogP contribution in [0.25, 0.3) is 0 Å². The molecule has 28 heavy (non-hydrogen) atoms. The van der Waals surface area contributed by atoms with Crippen molar-refractivity contribution < 1.29 is 22.7 Å². The van der Waals surface area contributed by atoms with Crippen LogP contribution in [-0.2, 0) is 22.9 Å². The maximum absolute atomic E-state index is 12.3. The number of halogens is 1. The molecule has 0 bridgehead atoms. The fourth-order valence-electron chi connectivity index (χ4n) is 2.48. The minimum atomic E-state index is -3.20. The molecule has 0 unspecified atom stereocenters. The number of carbonyl (C=O) groups excluding carboxylic acids is 1. The molecule has 0 spiro atoms.